The molecule has 9 heteroatoms. The molecule has 0 aliphatic heterocycles. The van der Waals surface area contributed by atoms with Crippen LogP contribution in [0.4, 0.5) is 10.5 Å². The summed E-state index contributed by atoms with van der Waals surface area (Å²) in [6.07, 6.45) is -0.672. The van der Waals surface area contributed by atoms with Gasteiger partial charge in [0.15, 0.2) is 6.04 Å². The number of hydrogen-bond donors (Lipinski definition) is 4. The number of hydrogen-bond acceptors (Lipinski definition) is 5. The van der Waals surface area contributed by atoms with Crippen LogP contribution in [0.5, 0.6) is 0 Å². The van der Waals surface area contributed by atoms with Crippen molar-refractivity contribution in [2.24, 2.45) is 0 Å². The number of carbonyl (C=O) groups excluding carboxylic acids is 2. The highest BCUT2D eigenvalue weighted by Crippen LogP contribution is 2.44. The lowest BCUT2D eigenvalue weighted by molar-refractivity contribution is -0.140. The number of carboxylic acid groups (broad SMARTS) is 1. The van der Waals surface area contributed by atoms with Crippen molar-refractivity contribution in [3.8, 4) is 11.1 Å². The quantitative estimate of drug-likeness (QED) is 0.319. The maximum absolute atomic E-state index is 12.6. The van der Waals surface area contributed by atoms with Gasteiger partial charge in [0.1, 0.15) is 6.61 Å². The molecular weight excluding hydrogens is 551 g/mol. The first kappa shape index (κ1) is 23.7. The second-order valence-corrected chi connectivity index (χ2v) is 8.97. The van der Waals surface area contributed by atoms with Crippen molar-refractivity contribution in [1.29, 1.82) is 0 Å². The SMILES string of the molecule is O=C(Nc1cc(I)cc(C(=O)NC(CO)C(=O)O)c1)OCC1c2ccccc2-c2ccccc21. The van der Waals surface area contributed by atoms with E-state index in [9.17, 15) is 14.4 Å². The summed E-state index contributed by atoms with van der Waals surface area (Å²) < 4.78 is 6.18. The average molecular weight is 572 g/mol. The van der Waals surface area contributed by atoms with Crippen molar-refractivity contribution in [2.75, 3.05) is 18.5 Å². The van der Waals surface area contributed by atoms with Gasteiger partial charge in [-0.3, -0.25) is 10.1 Å². The zero-order valence-corrected chi connectivity index (χ0v) is 20.0. The Hall–Kier alpha value is -3.44. The van der Waals surface area contributed by atoms with Crippen LogP contribution in [0.2, 0.25) is 0 Å². The Balaban J connectivity index is 1.44. The number of ether oxygens (including phenoxy) is 1. The number of rotatable bonds is 7. The van der Waals surface area contributed by atoms with E-state index in [0.717, 1.165) is 22.3 Å². The number of carboxylic acids is 1. The second-order valence-electron chi connectivity index (χ2n) is 7.73. The third-order valence-corrected chi connectivity index (χ3v) is 6.16. The van der Waals surface area contributed by atoms with E-state index in [4.69, 9.17) is 14.9 Å². The Morgan fingerprint density at radius 2 is 1.59 bits per heavy atom. The number of anilines is 1. The van der Waals surface area contributed by atoms with Gasteiger partial charge in [0.05, 0.1) is 6.61 Å². The molecule has 8 nitrogen and oxygen atoms in total. The van der Waals surface area contributed by atoms with E-state index in [0.29, 0.717) is 9.26 Å². The predicted molar refractivity (Wildman–Crippen MR) is 134 cm³/mol. The molecule has 0 radical (unpaired) electrons. The van der Waals surface area contributed by atoms with Gasteiger partial charge in [0.2, 0.25) is 0 Å². The van der Waals surface area contributed by atoms with E-state index in [1.807, 2.05) is 59.0 Å². The molecule has 34 heavy (non-hydrogen) atoms. The fourth-order valence-electron chi connectivity index (χ4n) is 3.97. The molecule has 0 aromatic heterocycles. The standard InChI is InChI=1S/C25H21IN2O6/c26-15-9-14(23(30)28-22(12-29)24(31)32)10-16(11-15)27-25(33)34-13-21-19-7-3-1-5-17(19)18-6-2-4-8-20(18)21/h1-11,21-22,29H,12-13H2,(H,27,33)(H,28,30)(H,31,32). The normalized spacial score (nSPS) is 12.9. The summed E-state index contributed by atoms with van der Waals surface area (Å²) in [4.78, 5) is 36.0. The van der Waals surface area contributed by atoms with Crippen LogP contribution in [0.1, 0.15) is 27.4 Å². The van der Waals surface area contributed by atoms with Crippen molar-refractivity contribution in [3.63, 3.8) is 0 Å². The minimum absolute atomic E-state index is 0.0816. The summed E-state index contributed by atoms with van der Waals surface area (Å²) in [6.45, 7) is -0.593. The Kier molecular flexibility index (Phi) is 7.13. The molecule has 0 heterocycles. The van der Waals surface area contributed by atoms with Gasteiger partial charge in [0, 0.05) is 20.7 Å². The minimum Gasteiger partial charge on any atom is -0.480 e. The van der Waals surface area contributed by atoms with Gasteiger partial charge in [-0.2, -0.15) is 0 Å². The number of fused-ring (bicyclic) bond motifs is 3. The largest absolute Gasteiger partial charge is 0.480 e. The van der Waals surface area contributed by atoms with Crippen LogP contribution in [0.15, 0.2) is 66.7 Å². The number of aliphatic hydroxyl groups excluding tert-OH is 1. The number of amides is 2. The molecule has 0 fully saturated rings. The molecule has 1 aliphatic carbocycles. The first-order valence-electron chi connectivity index (χ1n) is 10.4. The Labute approximate surface area is 209 Å². The summed E-state index contributed by atoms with van der Waals surface area (Å²) in [5, 5.41) is 23.0. The topological polar surface area (TPSA) is 125 Å². The first-order valence-corrected chi connectivity index (χ1v) is 11.5. The van der Waals surface area contributed by atoms with E-state index >= 15 is 0 Å². The second kappa shape index (κ2) is 10.2. The van der Waals surface area contributed by atoms with E-state index < -0.39 is 30.6 Å². The molecule has 0 saturated carbocycles. The van der Waals surface area contributed by atoms with Gasteiger partial charge in [-0.15, -0.1) is 0 Å². The molecule has 0 saturated heterocycles. The lowest BCUT2D eigenvalue weighted by atomic mass is 9.98. The van der Waals surface area contributed by atoms with E-state index in [2.05, 4.69) is 22.8 Å². The summed E-state index contributed by atoms with van der Waals surface area (Å²) >= 11 is 1.98. The highest BCUT2D eigenvalue weighted by Gasteiger charge is 2.29. The third kappa shape index (κ3) is 5.05. The van der Waals surface area contributed by atoms with Crippen molar-refractivity contribution in [1.82, 2.24) is 5.32 Å². The van der Waals surface area contributed by atoms with Crippen molar-refractivity contribution in [3.05, 3.63) is 87.0 Å². The Morgan fingerprint density at radius 3 is 2.18 bits per heavy atom. The molecule has 0 bridgehead atoms. The predicted octanol–water partition coefficient (Wildman–Crippen LogP) is 3.83. The van der Waals surface area contributed by atoms with Crippen LogP contribution in [0, 0.1) is 3.57 Å². The number of benzene rings is 3. The first-order chi connectivity index (χ1) is 16.4. The van der Waals surface area contributed by atoms with Crippen LogP contribution in [0.25, 0.3) is 11.1 Å². The van der Waals surface area contributed by atoms with E-state index in [-0.39, 0.29) is 18.1 Å². The van der Waals surface area contributed by atoms with Gasteiger partial charge in [-0.05, 0) is 63.0 Å². The maximum atomic E-state index is 12.6. The van der Waals surface area contributed by atoms with Crippen molar-refractivity contribution < 1.29 is 29.3 Å². The highest BCUT2D eigenvalue weighted by molar-refractivity contribution is 14.1. The van der Waals surface area contributed by atoms with Gasteiger partial charge in [-0.1, -0.05) is 48.5 Å². The zero-order chi connectivity index (χ0) is 24.2. The number of halogens is 1. The summed E-state index contributed by atoms with van der Waals surface area (Å²) in [7, 11) is 0. The lowest BCUT2D eigenvalue weighted by Gasteiger charge is -2.15. The molecular formula is C25H21IN2O6. The van der Waals surface area contributed by atoms with Gasteiger partial charge < -0.3 is 20.3 Å². The van der Waals surface area contributed by atoms with Gasteiger partial charge in [-0.25, -0.2) is 9.59 Å². The van der Waals surface area contributed by atoms with Crippen LogP contribution in [-0.2, 0) is 9.53 Å². The number of aliphatic hydroxyl groups is 1. The van der Waals surface area contributed by atoms with Crippen molar-refractivity contribution in [2.45, 2.75) is 12.0 Å². The van der Waals surface area contributed by atoms with E-state index in [1.54, 1.807) is 6.07 Å². The molecule has 2 amide bonds. The molecule has 3 aromatic carbocycles. The summed E-state index contributed by atoms with van der Waals surface area (Å²) in [5.41, 5.74) is 4.92. The molecule has 4 N–H and O–H groups in total. The number of aliphatic carboxylic acids is 1. The molecule has 1 aliphatic rings. The molecule has 4 rings (SSSR count). The molecule has 0 spiro atoms. The van der Waals surface area contributed by atoms with Crippen LogP contribution in [0.3, 0.4) is 0 Å². The minimum atomic E-state index is -1.43. The summed E-state index contributed by atoms with van der Waals surface area (Å²) in [5.74, 6) is -2.11. The van der Waals surface area contributed by atoms with E-state index in [1.165, 1.54) is 12.1 Å². The fourth-order valence-corrected chi connectivity index (χ4v) is 4.64. The molecule has 3 aromatic rings. The zero-order valence-electron chi connectivity index (χ0n) is 17.8. The van der Waals surface area contributed by atoms with Gasteiger partial charge in [0.25, 0.3) is 5.91 Å². The van der Waals surface area contributed by atoms with Crippen LogP contribution < -0.4 is 10.6 Å². The molecule has 174 valence electrons. The monoisotopic (exact) mass is 572 g/mol. The molecule has 1 atom stereocenters. The Bertz CT molecular complexity index is 1220. The number of carbonyl (C=O) groups is 3. The summed E-state index contributed by atoms with van der Waals surface area (Å²) in [6, 6.07) is 19.2. The average Bonchev–Trinajstić information content (AvgIpc) is 3.14. The maximum Gasteiger partial charge on any atom is 0.411 e. The van der Waals surface area contributed by atoms with Crippen LogP contribution >= 0.6 is 22.6 Å². The smallest absolute Gasteiger partial charge is 0.411 e. The van der Waals surface area contributed by atoms with Crippen LogP contribution in [-0.4, -0.2) is 47.4 Å². The number of nitrogens with one attached hydrogen (secondary N) is 2. The third-order valence-electron chi connectivity index (χ3n) is 5.54. The van der Waals surface area contributed by atoms with Crippen molar-refractivity contribution >= 4 is 46.2 Å². The molecule has 1 unspecified atom stereocenters. The lowest BCUT2D eigenvalue weighted by Crippen LogP contribution is -2.43. The fraction of sp³-hybridized carbons (Fsp3) is 0.160. The Morgan fingerprint density at radius 1 is 0.971 bits per heavy atom. The van der Waals surface area contributed by atoms with Gasteiger partial charge >= 0.3 is 12.1 Å². The highest BCUT2D eigenvalue weighted by atomic mass is 127.